The molecule has 0 atom stereocenters. The summed E-state index contributed by atoms with van der Waals surface area (Å²) in [5.74, 6) is 0.146. The lowest BCUT2D eigenvalue weighted by Gasteiger charge is -2.09. The van der Waals surface area contributed by atoms with Gasteiger partial charge in [-0.2, -0.15) is 13.2 Å². The second kappa shape index (κ2) is 4.03. The van der Waals surface area contributed by atoms with Crippen LogP contribution in [0.3, 0.4) is 0 Å². The predicted octanol–water partition coefficient (Wildman–Crippen LogP) is 3.43. The Morgan fingerprint density at radius 1 is 1.30 bits per heavy atom. The maximum absolute atomic E-state index is 13.2. The molecular weight excluding hydrogens is 271 g/mol. The lowest BCUT2D eigenvalue weighted by Crippen LogP contribution is -2.05. The van der Waals surface area contributed by atoms with Crippen molar-refractivity contribution < 1.29 is 17.7 Å². The van der Waals surface area contributed by atoms with E-state index in [0.717, 1.165) is 6.07 Å². The summed E-state index contributed by atoms with van der Waals surface area (Å²) in [6.07, 6.45) is -1.63. The molecule has 3 aromatic rings. The Hall–Kier alpha value is -2.44. The minimum absolute atomic E-state index is 0.0611. The smallest absolute Gasteiger partial charge is 0.394 e. The van der Waals surface area contributed by atoms with Crippen molar-refractivity contribution in [3.8, 4) is 11.3 Å². The van der Waals surface area contributed by atoms with E-state index in [1.807, 2.05) is 0 Å². The number of rotatable bonds is 1. The van der Waals surface area contributed by atoms with Gasteiger partial charge >= 0.3 is 6.18 Å². The van der Waals surface area contributed by atoms with Crippen molar-refractivity contribution in [3.63, 3.8) is 0 Å². The molecule has 0 fully saturated rings. The summed E-state index contributed by atoms with van der Waals surface area (Å²) in [6.45, 7) is 0. The number of alkyl halides is 3. The third kappa shape index (κ3) is 1.74. The minimum Gasteiger partial charge on any atom is -0.394 e. The molecule has 1 aromatic carbocycles. The third-order valence-electron chi connectivity index (χ3n) is 3.16. The molecule has 20 heavy (non-hydrogen) atoms. The van der Waals surface area contributed by atoms with E-state index >= 15 is 0 Å². The number of anilines is 1. The zero-order chi connectivity index (χ0) is 14.5. The van der Waals surface area contributed by atoms with Gasteiger partial charge in [-0.05, 0) is 12.1 Å². The van der Waals surface area contributed by atoms with Gasteiger partial charge in [0.15, 0.2) is 5.76 Å². The Morgan fingerprint density at radius 3 is 2.65 bits per heavy atom. The van der Waals surface area contributed by atoms with Crippen LogP contribution in [0.15, 0.2) is 35.1 Å². The van der Waals surface area contributed by atoms with Crippen LogP contribution in [0.25, 0.3) is 22.2 Å². The Kier molecular flexibility index (Phi) is 2.53. The van der Waals surface area contributed by atoms with E-state index in [-0.39, 0.29) is 22.4 Å². The van der Waals surface area contributed by atoms with Crippen molar-refractivity contribution in [2.75, 3.05) is 5.73 Å². The Labute approximate surface area is 111 Å². The SMILES string of the molecule is Cn1cc(-c2oncc2N)c2c(C(F)(F)F)cccc21. The second-order valence-electron chi connectivity index (χ2n) is 4.46. The van der Waals surface area contributed by atoms with E-state index in [4.69, 9.17) is 10.3 Å². The molecule has 4 nitrogen and oxygen atoms in total. The van der Waals surface area contributed by atoms with Gasteiger partial charge in [0.05, 0.1) is 11.8 Å². The molecule has 0 aliphatic carbocycles. The highest BCUT2D eigenvalue weighted by Gasteiger charge is 2.34. The summed E-state index contributed by atoms with van der Waals surface area (Å²) in [5.41, 5.74) is 5.90. The van der Waals surface area contributed by atoms with E-state index in [1.54, 1.807) is 23.9 Å². The minimum atomic E-state index is -4.45. The van der Waals surface area contributed by atoms with Gasteiger partial charge in [0.25, 0.3) is 0 Å². The average molecular weight is 281 g/mol. The molecule has 0 saturated carbocycles. The van der Waals surface area contributed by atoms with Crippen molar-refractivity contribution in [2.24, 2.45) is 7.05 Å². The molecule has 104 valence electrons. The van der Waals surface area contributed by atoms with E-state index in [9.17, 15) is 13.2 Å². The molecule has 0 aliphatic heterocycles. The number of hydrogen-bond acceptors (Lipinski definition) is 3. The van der Waals surface area contributed by atoms with E-state index in [2.05, 4.69) is 5.16 Å². The summed E-state index contributed by atoms with van der Waals surface area (Å²) in [5, 5.41) is 3.58. The number of hydrogen-bond donors (Lipinski definition) is 1. The summed E-state index contributed by atoms with van der Waals surface area (Å²) in [4.78, 5) is 0. The molecule has 2 aromatic heterocycles. The monoisotopic (exact) mass is 281 g/mol. The maximum Gasteiger partial charge on any atom is 0.417 e. The molecule has 3 rings (SSSR count). The normalized spacial score (nSPS) is 12.2. The fourth-order valence-electron chi connectivity index (χ4n) is 2.31. The van der Waals surface area contributed by atoms with Gasteiger partial charge in [-0.15, -0.1) is 0 Å². The fourth-order valence-corrected chi connectivity index (χ4v) is 2.31. The Morgan fingerprint density at radius 2 is 2.05 bits per heavy atom. The number of fused-ring (bicyclic) bond motifs is 1. The highest BCUT2D eigenvalue weighted by atomic mass is 19.4. The van der Waals surface area contributed by atoms with E-state index in [1.165, 1.54) is 12.3 Å². The average Bonchev–Trinajstić information content (AvgIpc) is 2.92. The van der Waals surface area contributed by atoms with Gasteiger partial charge in [0, 0.05) is 29.7 Å². The lowest BCUT2D eigenvalue weighted by atomic mass is 10.0. The van der Waals surface area contributed by atoms with Crippen LogP contribution in [0.5, 0.6) is 0 Å². The lowest BCUT2D eigenvalue weighted by molar-refractivity contribution is -0.136. The van der Waals surface area contributed by atoms with Gasteiger partial charge in [-0.1, -0.05) is 11.2 Å². The first-order chi connectivity index (χ1) is 9.39. The summed E-state index contributed by atoms with van der Waals surface area (Å²) in [7, 11) is 1.67. The molecular formula is C13H10F3N3O. The van der Waals surface area contributed by atoms with E-state index < -0.39 is 11.7 Å². The van der Waals surface area contributed by atoms with Gasteiger partial charge in [-0.25, -0.2) is 0 Å². The van der Waals surface area contributed by atoms with Crippen LogP contribution in [0.2, 0.25) is 0 Å². The molecule has 2 N–H and O–H groups in total. The van der Waals surface area contributed by atoms with Crippen molar-refractivity contribution >= 4 is 16.6 Å². The highest BCUT2D eigenvalue weighted by Crippen LogP contribution is 2.41. The maximum atomic E-state index is 13.2. The number of nitrogen functional groups attached to an aromatic ring is 1. The van der Waals surface area contributed by atoms with Crippen LogP contribution in [0.1, 0.15) is 5.56 Å². The van der Waals surface area contributed by atoms with Crippen LogP contribution < -0.4 is 5.73 Å². The Balaban J connectivity index is 2.42. The zero-order valence-corrected chi connectivity index (χ0v) is 10.4. The molecule has 0 unspecified atom stereocenters. The highest BCUT2D eigenvalue weighted by molar-refractivity contribution is 5.99. The quantitative estimate of drug-likeness (QED) is 0.743. The van der Waals surface area contributed by atoms with Gasteiger partial charge in [-0.3, -0.25) is 0 Å². The van der Waals surface area contributed by atoms with Crippen LogP contribution in [-0.2, 0) is 13.2 Å². The predicted molar refractivity (Wildman–Crippen MR) is 67.8 cm³/mol. The van der Waals surface area contributed by atoms with E-state index in [0.29, 0.717) is 5.52 Å². The number of benzene rings is 1. The summed E-state index contributed by atoms with van der Waals surface area (Å²) in [6, 6.07) is 4.03. The molecule has 2 heterocycles. The molecule has 0 spiro atoms. The Bertz CT molecular complexity index is 786. The van der Waals surface area contributed by atoms with Gasteiger partial charge in [0.1, 0.15) is 5.69 Å². The van der Waals surface area contributed by atoms with Gasteiger partial charge in [0.2, 0.25) is 0 Å². The molecule has 0 amide bonds. The van der Waals surface area contributed by atoms with Crippen molar-refractivity contribution in [3.05, 3.63) is 36.2 Å². The number of nitrogens with zero attached hydrogens (tertiary/aromatic N) is 2. The second-order valence-corrected chi connectivity index (χ2v) is 4.46. The van der Waals surface area contributed by atoms with Crippen LogP contribution in [0, 0.1) is 0 Å². The number of aromatic nitrogens is 2. The summed E-state index contributed by atoms with van der Waals surface area (Å²) < 4.78 is 46.1. The number of nitrogens with two attached hydrogens (primary N) is 1. The van der Waals surface area contributed by atoms with Gasteiger partial charge < -0.3 is 14.8 Å². The van der Waals surface area contributed by atoms with Crippen LogP contribution in [0.4, 0.5) is 18.9 Å². The molecule has 0 saturated heterocycles. The third-order valence-corrected chi connectivity index (χ3v) is 3.16. The molecule has 7 heteroatoms. The molecule has 0 bridgehead atoms. The first-order valence-corrected chi connectivity index (χ1v) is 5.75. The first-order valence-electron chi connectivity index (χ1n) is 5.75. The zero-order valence-electron chi connectivity index (χ0n) is 10.4. The van der Waals surface area contributed by atoms with Crippen molar-refractivity contribution in [1.29, 1.82) is 0 Å². The van der Waals surface area contributed by atoms with Crippen molar-refractivity contribution in [1.82, 2.24) is 9.72 Å². The van der Waals surface area contributed by atoms with Crippen LogP contribution in [-0.4, -0.2) is 9.72 Å². The molecule has 0 radical (unpaired) electrons. The number of aryl methyl sites for hydroxylation is 1. The largest absolute Gasteiger partial charge is 0.417 e. The summed E-state index contributed by atoms with van der Waals surface area (Å²) >= 11 is 0. The topological polar surface area (TPSA) is 57.0 Å². The first kappa shape index (κ1) is 12.6. The standard InChI is InChI=1S/C13H10F3N3O/c1-19-6-7(12-9(17)5-18-20-12)11-8(13(14,15)16)3-2-4-10(11)19/h2-6H,17H2,1H3. The number of halogens is 3. The fraction of sp³-hybridized carbons (Fsp3) is 0.154. The van der Waals surface area contributed by atoms with Crippen molar-refractivity contribution in [2.45, 2.75) is 6.18 Å². The molecule has 0 aliphatic rings. The van der Waals surface area contributed by atoms with Crippen LogP contribution >= 0.6 is 0 Å².